The summed E-state index contributed by atoms with van der Waals surface area (Å²) in [4.78, 5) is 15.1. The minimum atomic E-state index is -2.49. The van der Waals surface area contributed by atoms with Crippen LogP contribution in [0.25, 0.3) is 0 Å². The summed E-state index contributed by atoms with van der Waals surface area (Å²) in [6.45, 7) is 1.72. The zero-order valence-electron chi connectivity index (χ0n) is 7.70. The molecule has 1 aromatic rings. The van der Waals surface area contributed by atoms with Crippen molar-refractivity contribution >= 4 is 5.82 Å². The third-order valence-corrected chi connectivity index (χ3v) is 1.68. The van der Waals surface area contributed by atoms with Crippen LogP contribution in [0.5, 0.6) is 0 Å². The number of halogens is 2. The molecule has 0 aliphatic rings. The molecule has 1 rings (SSSR count). The SMILES string of the molecule is CCn1ccnc(NCC(F)F)c1=O. The summed E-state index contributed by atoms with van der Waals surface area (Å²) >= 11 is 0. The fraction of sp³-hybridized carbons (Fsp3) is 0.500. The van der Waals surface area contributed by atoms with Gasteiger partial charge in [0.1, 0.15) is 0 Å². The Kier molecular flexibility index (Phi) is 3.55. The summed E-state index contributed by atoms with van der Waals surface area (Å²) in [6.07, 6.45) is 0.417. The number of anilines is 1. The molecule has 0 spiro atoms. The fourth-order valence-corrected chi connectivity index (χ4v) is 0.991. The lowest BCUT2D eigenvalue weighted by molar-refractivity contribution is 0.163. The molecule has 0 saturated carbocycles. The Morgan fingerprint density at radius 3 is 2.93 bits per heavy atom. The first-order valence-corrected chi connectivity index (χ1v) is 4.22. The number of alkyl halides is 2. The van der Waals surface area contributed by atoms with Crippen molar-refractivity contribution in [2.24, 2.45) is 0 Å². The van der Waals surface area contributed by atoms with E-state index in [0.717, 1.165) is 0 Å². The van der Waals surface area contributed by atoms with E-state index in [-0.39, 0.29) is 11.4 Å². The van der Waals surface area contributed by atoms with Gasteiger partial charge in [0, 0.05) is 18.9 Å². The summed E-state index contributed by atoms with van der Waals surface area (Å²) in [5.41, 5.74) is -0.379. The number of hydrogen-bond donors (Lipinski definition) is 1. The lowest BCUT2D eigenvalue weighted by atomic mass is 10.5. The van der Waals surface area contributed by atoms with Gasteiger partial charge in [0.2, 0.25) is 0 Å². The molecule has 0 aliphatic carbocycles. The molecule has 0 aliphatic heterocycles. The first-order valence-electron chi connectivity index (χ1n) is 4.22. The number of aromatic nitrogens is 2. The van der Waals surface area contributed by atoms with Gasteiger partial charge in [-0.3, -0.25) is 4.79 Å². The molecule has 0 amide bonds. The monoisotopic (exact) mass is 203 g/mol. The van der Waals surface area contributed by atoms with Crippen molar-refractivity contribution in [2.45, 2.75) is 19.9 Å². The van der Waals surface area contributed by atoms with E-state index in [1.807, 2.05) is 0 Å². The molecule has 0 atom stereocenters. The molecule has 0 aromatic carbocycles. The van der Waals surface area contributed by atoms with Crippen LogP contribution in [-0.2, 0) is 6.54 Å². The van der Waals surface area contributed by atoms with Gasteiger partial charge in [-0.2, -0.15) is 0 Å². The van der Waals surface area contributed by atoms with Crippen molar-refractivity contribution in [3.63, 3.8) is 0 Å². The van der Waals surface area contributed by atoms with Crippen LogP contribution >= 0.6 is 0 Å². The third kappa shape index (κ3) is 2.51. The average molecular weight is 203 g/mol. The minimum absolute atomic E-state index is 0.0327. The van der Waals surface area contributed by atoms with E-state index < -0.39 is 13.0 Å². The summed E-state index contributed by atoms with van der Waals surface area (Å²) in [5.74, 6) is -0.0327. The normalized spacial score (nSPS) is 10.6. The van der Waals surface area contributed by atoms with Gasteiger partial charge in [0.05, 0.1) is 6.54 Å². The summed E-state index contributed by atoms with van der Waals surface area (Å²) < 4.78 is 25.1. The summed E-state index contributed by atoms with van der Waals surface area (Å²) in [5, 5.41) is 2.29. The third-order valence-electron chi connectivity index (χ3n) is 1.68. The lowest BCUT2D eigenvalue weighted by Crippen LogP contribution is -2.25. The van der Waals surface area contributed by atoms with Crippen LogP contribution < -0.4 is 10.9 Å². The second-order valence-corrected chi connectivity index (χ2v) is 2.64. The highest BCUT2D eigenvalue weighted by atomic mass is 19.3. The molecule has 6 heteroatoms. The molecule has 0 radical (unpaired) electrons. The Morgan fingerprint density at radius 1 is 1.64 bits per heavy atom. The number of nitrogens with one attached hydrogen (secondary N) is 1. The maximum atomic E-state index is 11.8. The van der Waals surface area contributed by atoms with Crippen molar-refractivity contribution in [3.05, 3.63) is 22.7 Å². The van der Waals surface area contributed by atoms with E-state index in [1.165, 1.54) is 17.0 Å². The molecule has 1 aromatic heterocycles. The molecule has 0 fully saturated rings. The minimum Gasteiger partial charge on any atom is -0.360 e. The topological polar surface area (TPSA) is 46.9 Å². The van der Waals surface area contributed by atoms with Crippen LogP contribution in [0.3, 0.4) is 0 Å². The first kappa shape index (κ1) is 10.6. The van der Waals surface area contributed by atoms with Crippen LogP contribution in [0.4, 0.5) is 14.6 Å². The first-order chi connectivity index (χ1) is 6.65. The zero-order valence-corrected chi connectivity index (χ0v) is 7.70. The van der Waals surface area contributed by atoms with Gasteiger partial charge in [-0.15, -0.1) is 0 Å². The Labute approximate surface area is 79.6 Å². The van der Waals surface area contributed by atoms with E-state index in [4.69, 9.17) is 0 Å². The molecule has 0 bridgehead atoms. The van der Waals surface area contributed by atoms with Gasteiger partial charge < -0.3 is 9.88 Å². The lowest BCUT2D eigenvalue weighted by Gasteiger charge is -2.06. The quantitative estimate of drug-likeness (QED) is 0.792. The number of aryl methyl sites for hydroxylation is 1. The van der Waals surface area contributed by atoms with Gasteiger partial charge in [-0.05, 0) is 6.92 Å². The Bertz CT molecular complexity index is 351. The van der Waals surface area contributed by atoms with E-state index in [1.54, 1.807) is 6.92 Å². The molecule has 78 valence electrons. The molecule has 0 saturated heterocycles. The van der Waals surface area contributed by atoms with E-state index in [9.17, 15) is 13.6 Å². The van der Waals surface area contributed by atoms with Crippen LogP contribution in [0, 0.1) is 0 Å². The highest BCUT2D eigenvalue weighted by Gasteiger charge is 2.06. The van der Waals surface area contributed by atoms with Crippen molar-refractivity contribution in [2.75, 3.05) is 11.9 Å². The maximum absolute atomic E-state index is 11.8. The Morgan fingerprint density at radius 2 is 2.36 bits per heavy atom. The standard InChI is InChI=1S/C8H11F2N3O/c1-2-13-4-3-11-7(8(13)14)12-5-6(9)10/h3-4,6H,2,5H2,1H3,(H,11,12). The predicted molar refractivity (Wildman–Crippen MR) is 48.7 cm³/mol. The van der Waals surface area contributed by atoms with Crippen LogP contribution in [0.2, 0.25) is 0 Å². The number of rotatable bonds is 4. The van der Waals surface area contributed by atoms with Gasteiger partial charge in [0.25, 0.3) is 12.0 Å². The highest BCUT2D eigenvalue weighted by Crippen LogP contribution is 1.96. The summed E-state index contributed by atoms with van der Waals surface area (Å²) in [6, 6.07) is 0. The molecule has 1 N–H and O–H groups in total. The van der Waals surface area contributed by atoms with Gasteiger partial charge in [-0.1, -0.05) is 0 Å². The van der Waals surface area contributed by atoms with E-state index >= 15 is 0 Å². The molecule has 0 unspecified atom stereocenters. The molecule has 4 nitrogen and oxygen atoms in total. The molecular weight excluding hydrogens is 192 g/mol. The highest BCUT2D eigenvalue weighted by molar-refractivity contribution is 5.30. The van der Waals surface area contributed by atoms with Crippen LogP contribution in [0.15, 0.2) is 17.2 Å². The van der Waals surface area contributed by atoms with Crippen molar-refractivity contribution < 1.29 is 8.78 Å². The summed E-state index contributed by atoms with van der Waals surface area (Å²) in [7, 11) is 0. The van der Waals surface area contributed by atoms with Crippen molar-refractivity contribution in [1.82, 2.24) is 9.55 Å². The van der Waals surface area contributed by atoms with Crippen LogP contribution in [0.1, 0.15) is 6.92 Å². The second-order valence-electron chi connectivity index (χ2n) is 2.64. The maximum Gasteiger partial charge on any atom is 0.293 e. The fourth-order valence-electron chi connectivity index (χ4n) is 0.991. The van der Waals surface area contributed by atoms with E-state index in [0.29, 0.717) is 6.54 Å². The Balaban J connectivity index is 2.82. The predicted octanol–water partition coefficient (Wildman–Crippen LogP) is 0.940. The number of nitrogens with zero attached hydrogens (tertiary/aromatic N) is 2. The molecule has 1 heterocycles. The van der Waals surface area contributed by atoms with Crippen molar-refractivity contribution in [1.29, 1.82) is 0 Å². The largest absolute Gasteiger partial charge is 0.360 e. The van der Waals surface area contributed by atoms with Crippen LogP contribution in [-0.4, -0.2) is 22.5 Å². The average Bonchev–Trinajstić information content (AvgIpc) is 2.16. The van der Waals surface area contributed by atoms with Gasteiger partial charge in [-0.25, -0.2) is 13.8 Å². The molecular formula is C8H11F2N3O. The van der Waals surface area contributed by atoms with E-state index in [2.05, 4.69) is 10.3 Å². The van der Waals surface area contributed by atoms with Crippen molar-refractivity contribution in [3.8, 4) is 0 Å². The molecule has 14 heavy (non-hydrogen) atoms. The zero-order chi connectivity index (χ0) is 10.6. The second kappa shape index (κ2) is 4.69. The Hall–Kier alpha value is -1.46. The smallest absolute Gasteiger partial charge is 0.293 e. The van der Waals surface area contributed by atoms with Gasteiger partial charge in [0.15, 0.2) is 5.82 Å². The van der Waals surface area contributed by atoms with Gasteiger partial charge >= 0.3 is 0 Å². The number of hydrogen-bond acceptors (Lipinski definition) is 3.